The molecule has 7 heteroatoms. The quantitative estimate of drug-likeness (QED) is 0.894. The molecule has 2 atom stereocenters. The number of amides is 1. The van der Waals surface area contributed by atoms with Crippen LogP contribution in [0.3, 0.4) is 0 Å². The molecule has 1 unspecified atom stereocenters. The van der Waals surface area contributed by atoms with Gasteiger partial charge >= 0.3 is 0 Å². The number of anilines is 2. The molecule has 3 rings (SSSR count). The van der Waals surface area contributed by atoms with Crippen LogP contribution in [0.15, 0.2) is 12.3 Å². The molecular formula is C16H22N4O2S. The van der Waals surface area contributed by atoms with E-state index in [1.165, 1.54) is 11.3 Å². The molecule has 0 radical (unpaired) electrons. The van der Waals surface area contributed by atoms with Crippen LogP contribution in [-0.2, 0) is 4.74 Å². The predicted octanol–water partition coefficient (Wildman–Crippen LogP) is 2.23. The minimum absolute atomic E-state index is 0.219. The Morgan fingerprint density at radius 3 is 3.04 bits per heavy atom. The van der Waals surface area contributed by atoms with Gasteiger partial charge in [-0.15, -0.1) is 11.3 Å². The van der Waals surface area contributed by atoms with Gasteiger partial charge in [-0.3, -0.25) is 4.79 Å². The maximum absolute atomic E-state index is 11.6. The van der Waals surface area contributed by atoms with Crippen molar-refractivity contribution in [2.75, 3.05) is 30.8 Å². The molecule has 0 aromatic carbocycles. The van der Waals surface area contributed by atoms with E-state index in [-0.39, 0.29) is 6.10 Å². The lowest BCUT2D eigenvalue weighted by molar-refractivity contribution is 0.0604. The minimum atomic E-state index is -0.499. The Bertz CT molecular complexity index is 730. The summed E-state index contributed by atoms with van der Waals surface area (Å²) < 4.78 is 5.50. The number of fused-ring (bicyclic) bond motifs is 1. The fourth-order valence-electron chi connectivity index (χ4n) is 3.28. The highest BCUT2D eigenvalue weighted by Crippen LogP contribution is 2.39. The van der Waals surface area contributed by atoms with Crippen molar-refractivity contribution in [1.82, 2.24) is 4.98 Å². The van der Waals surface area contributed by atoms with E-state index in [1.54, 1.807) is 13.3 Å². The molecule has 0 saturated carbocycles. The fourth-order valence-corrected chi connectivity index (χ4v) is 4.22. The van der Waals surface area contributed by atoms with Crippen LogP contribution in [0.25, 0.3) is 10.2 Å². The van der Waals surface area contributed by atoms with Crippen molar-refractivity contribution >= 4 is 38.8 Å². The maximum atomic E-state index is 11.6. The van der Waals surface area contributed by atoms with Crippen molar-refractivity contribution in [3.05, 3.63) is 17.1 Å². The highest BCUT2D eigenvalue weighted by atomic mass is 32.1. The summed E-state index contributed by atoms with van der Waals surface area (Å²) in [6.07, 6.45) is 4.25. The van der Waals surface area contributed by atoms with Crippen LogP contribution in [0.5, 0.6) is 0 Å². The molecule has 0 aliphatic carbocycles. The Balaban J connectivity index is 2.01. The molecule has 4 N–H and O–H groups in total. The van der Waals surface area contributed by atoms with E-state index in [0.29, 0.717) is 16.5 Å². The third kappa shape index (κ3) is 2.86. The van der Waals surface area contributed by atoms with E-state index in [4.69, 9.17) is 16.2 Å². The first-order valence-corrected chi connectivity index (χ1v) is 8.59. The number of hydrogen-bond donors (Lipinski definition) is 2. The second-order valence-corrected chi connectivity index (χ2v) is 7.01. The Kier molecular flexibility index (Phi) is 4.41. The first kappa shape index (κ1) is 16.0. The zero-order chi connectivity index (χ0) is 16.6. The highest BCUT2D eigenvalue weighted by molar-refractivity contribution is 7.21. The van der Waals surface area contributed by atoms with Crippen LogP contribution in [-0.4, -0.2) is 37.2 Å². The number of primary amides is 1. The smallest absolute Gasteiger partial charge is 0.260 e. The molecule has 1 aliphatic rings. The molecule has 1 amide bonds. The number of thiophene rings is 1. The molecule has 0 bridgehead atoms. The Morgan fingerprint density at radius 2 is 2.35 bits per heavy atom. The second kappa shape index (κ2) is 6.33. The standard InChI is InChI=1S/C16H22N4O2S/c1-9(22-2)10-4-3-7-20(8-10)11-5-6-19-16-12(11)13(17)14(23-16)15(18)21/h5-6,9-10H,3-4,7-8,17H2,1-2H3,(H2,18,21)/t9?,10-/m0/s1. The van der Waals surface area contributed by atoms with Crippen LogP contribution in [0.2, 0.25) is 0 Å². The van der Waals surface area contributed by atoms with Crippen LogP contribution < -0.4 is 16.4 Å². The predicted molar refractivity (Wildman–Crippen MR) is 94.0 cm³/mol. The number of ether oxygens (including phenoxy) is 1. The summed E-state index contributed by atoms with van der Waals surface area (Å²) >= 11 is 1.26. The molecule has 2 aromatic heterocycles. The number of methoxy groups -OCH3 is 1. The van der Waals surface area contributed by atoms with Gasteiger partial charge in [-0.25, -0.2) is 4.98 Å². The first-order valence-electron chi connectivity index (χ1n) is 7.77. The van der Waals surface area contributed by atoms with Crippen LogP contribution in [0.4, 0.5) is 11.4 Å². The summed E-state index contributed by atoms with van der Waals surface area (Å²) in [6, 6.07) is 1.97. The summed E-state index contributed by atoms with van der Waals surface area (Å²) in [5.74, 6) is -0.0200. The Morgan fingerprint density at radius 1 is 1.57 bits per heavy atom. The lowest BCUT2D eigenvalue weighted by atomic mass is 9.92. The fraction of sp³-hybridized carbons (Fsp3) is 0.500. The summed E-state index contributed by atoms with van der Waals surface area (Å²) in [6.45, 7) is 3.99. The van der Waals surface area contributed by atoms with E-state index in [2.05, 4.69) is 16.8 Å². The summed E-state index contributed by atoms with van der Waals surface area (Å²) in [5.41, 5.74) is 13.1. The van der Waals surface area contributed by atoms with E-state index < -0.39 is 5.91 Å². The molecular weight excluding hydrogens is 312 g/mol. The Hall–Kier alpha value is -1.86. The van der Waals surface area contributed by atoms with Crippen molar-refractivity contribution in [2.45, 2.75) is 25.9 Å². The third-order valence-electron chi connectivity index (χ3n) is 4.66. The molecule has 1 saturated heterocycles. The number of piperidine rings is 1. The maximum Gasteiger partial charge on any atom is 0.260 e. The monoisotopic (exact) mass is 334 g/mol. The minimum Gasteiger partial charge on any atom is -0.397 e. The summed E-state index contributed by atoms with van der Waals surface area (Å²) in [5, 5.41) is 0.844. The van der Waals surface area contributed by atoms with E-state index >= 15 is 0 Å². The van der Waals surface area contributed by atoms with Gasteiger partial charge in [-0.1, -0.05) is 0 Å². The molecule has 1 aliphatic heterocycles. The first-order chi connectivity index (χ1) is 11.0. The zero-order valence-corrected chi connectivity index (χ0v) is 14.2. The summed E-state index contributed by atoms with van der Waals surface area (Å²) in [4.78, 5) is 19.4. The molecule has 0 spiro atoms. The number of nitrogen functional groups attached to an aromatic ring is 1. The normalized spacial score (nSPS) is 19.9. The zero-order valence-electron chi connectivity index (χ0n) is 13.4. The molecule has 3 heterocycles. The topological polar surface area (TPSA) is 94.5 Å². The second-order valence-electron chi connectivity index (χ2n) is 6.01. The lowest BCUT2D eigenvalue weighted by Gasteiger charge is -2.37. The average molecular weight is 334 g/mol. The van der Waals surface area contributed by atoms with Crippen molar-refractivity contribution in [2.24, 2.45) is 11.7 Å². The molecule has 2 aromatic rings. The number of rotatable bonds is 4. The van der Waals surface area contributed by atoms with E-state index in [1.807, 2.05) is 6.07 Å². The number of hydrogen-bond acceptors (Lipinski definition) is 6. The van der Waals surface area contributed by atoms with Crippen molar-refractivity contribution in [3.8, 4) is 0 Å². The van der Waals surface area contributed by atoms with Gasteiger partial charge < -0.3 is 21.1 Å². The lowest BCUT2D eigenvalue weighted by Crippen LogP contribution is -2.40. The molecule has 124 valence electrons. The molecule has 1 fully saturated rings. The van der Waals surface area contributed by atoms with Crippen molar-refractivity contribution in [1.29, 1.82) is 0 Å². The van der Waals surface area contributed by atoms with E-state index in [9.17, 15) is 4.79 Å². The van der Waals surface area contributed by atoms with Gasteiger partial charge in [0.05, 0.1) is 22.9 Å². The summed E-state index contributed by atoms with van der Waals surface area (Å²) in [7, 11) is 1.75. The number of carbonyl (C=O) groups is 1. The van der Waals surface area contributed by atoms with Crippen molar-refractivity contribution in [3.63, 3.8) is 0 Å². The number of nitrogens with zero attached hydrogens (tertiary/aromatic N) is 2. The van der Waals surface area contributed by atoms with Gasteiger partial charge in [0.1, 0.15) is 9.71 Å². The van der Waals surface area contributed by atoms with Crippen molar-refractivity contribution < 1.29 is 9.53 Å². The van der Waals surface area contributed by atoms with Gasteiger partial charge in [0.15, 0.2) is 0 Å². The average Bonchev–Trinajstić information content (AvgIpc) is 2.91. The number of nitrogens with two attached hydrogens (primary N) is 2. The van der Waals surface area contributed by atoms with Gasteiger partial charge in [0, 0.05) is 32.3 Å². The van der Waals surface area contributed by atoms with Gasteiger partial charge in [-0.2, -0.15) is 0 Å². The largest absolute Gasteiger partial charge is 0.397 e. The number of pyridine rings is 1. The van der Waals surface area contributed by atoms with Gasteiger partial charge in [0.2, 0.25) is 0 Å². The molecule has 23 heavy (non-hydrogen) atoms. The SMILES string of the molecule is COC(C)[C@H]1CCCN(c2ccnc3sc(C(N)=O)c(N)c23)C1. The third-order valence-corrected chi connectivity index (χ3v) is 5.79. The van der Waals surface area contributed by atoms with Gasteiger partial charge in [0.25, 0.3) is 5.91 Å². The number of aromatic nitrogens is 1. The number of carbonyl (C=O) groups excluding carboxylic acids is 1. The van der Waals surface area contributed by atoms with Crippen LogP contribution >= 0.6 is 11.3 Å². The Labute approximate surface area is 139 Å². The van der Waals surface area contributed by atoms with Crippen LogP contribution in [0, 0.1) is 5.92 Å². The molecule has 6 nitrogen and oxygen atoms in total. The van der Waals surface area contributed by atoms with Crippen LogP contribution in [0.1, 0.15) is 29.4 Å². The highest BCUT2D eigenvalue weighted by Gasteiger charge is 2.27. The van der Waals surface area contributed by atoms with E-state index in [0.717, 1.165) is 41.8 Å². The van der Waals surface area contributed by atoms with Gasteiger partial charge in [-0.05, 0) is 25.8 Å².